The topological polar surface area (TPSA) is 84.2 Å². The van der Waals surface area contributed by atoms with Crippen LogP contribution in [0.25, 0.3) is 6.08 Å². The number of hydrazine groups is 1. The van der Waals surface area contributed by atoms with Gasteiger partial charge in [-0.2, -0.15) is 0 Å². The summed E-state index contributed by atoms with van der Waals surface area (Å²) in [5.41, 5.74) is 4.99. The molecule has 2 heterocycles. The predicted molar refractivity (Wildman–Crippen MR) is 84.1 cm³/mol. The first kappa shape index (κ1) is 15.0. The highest BCUT2D eigenvalue weighted by molar-refractivity contribution is 5.97. The highest BCUT2D eigenvalue weighted by Gasteiger charge is 2.36. The van der Waals surface area contributed by atoms with E-state index < -0.39 is 11.8 Å². The van der Waals surface area contributed by atoms with Crippen molar-refractivity contribution in [3.8, 4) is 0 Å². The molecule has 3 rings (SSSR count). The van der Waals surface area contributed by atoms with E-state index in [-0.39, 0.29) is 0 Å². The van der Waals surface area contributed by atoms with Crippen LogP contribution in [0.15, 0.2) is 47.2 Å². The molecule has 23 heavy (non-hydrogen) atoms. The van der Waals surface area contributed by atoms with Crippen LogP contribution < -0.4 is 10.9 Å². The van der Waals surface area contributed by atoms with E-state index in [1.165, 1.54) is 12.3 Å². The molecule has 6 heteroatoms. The number of hydrogen-bond acceptors (Lipinski definition) is 4. The van der Waals surface area contributed by atoms with Crippen molar-refractivity contribution in [1.29, 1.82) is 0 Å². The molecule has 0 spiro atoms. The molecule has 0 aromatic carbocycles. The Morgan fingerprint density at radius 1 is 1.30 bits per heavy atom. The number of nitrogens with one attached hydrogen (secondary N) is 2. The van der Waals surface area contributed by atoms with Crippen LogP contribution in [-0.2, 0) is 4.79 Å². The van der Waals surface area contributed by atoms with Gasteiger partial charge in [0.2, 0.25) is 0 Å². The van der Waals surface area contributed by atoms with Crippen LogP contribution in [0.1, 0.15) is 41.1 Å². The minimum Gasteiger partial charge on any atom is -0.461 e. The maximum atomic E-state index is 11.7. The number of hydrogen-bond donors (Lipinski definition) is 2. The number of nitrogens with zero attached hydrogens (tertiary/aromatic N) is 1. The fraction of sp³-hybridized carbons (Fsp3) is 0.235. The monoisotopic (exact) mass is 311 g/mol. The molecule has 6 nitrogen and oxygen atoms in total. The third kappa shape index (κ3) is 3.85. The number of amides is 2. The van der Waals surface area contributed by atoms with E-state index >= 15 is 0 Å². The Labute approximate surface area is 133 Å². The van der Waals surface area contributed by atoms with Crippen LogP contribution in [-0.4, -0.2) is 16.8 Å². The Kier molecular flexibility index (Phi) is 4.23. The molecule has 118 valence electrons. The summed E-state index contributed by atoms with van der Waals surface area (Å²) in [6.45, 7) is 2.18. The lowest BCUT2D eigenvalue weighted by atomic mass is 10.3. The Bertz CT molecular complexity index is 737. The molecule has 1 fully saturated rings. The zero-order valence-corrected chi connectivity index (χ0v) is 12.7. The average Bonchev–Trinajstić information content (AvgIpc) is 3.12. The van der Waals surface area contributed by atoms with Crippen molar-refractivity contribution in [3.05, 3.63) is 59.8 Å². The molecule has 2 aromatic rings. The third-order valence-corrected chi connectivity index (χ3v) is 3.74. The van der Waals surface area contributed by atoms with Crippen LogP contribution >= 0.6 is 0 Å². The van der Waals surface area contributed by atoms with Gasteiger partial charge in [-0.1, -0.05) is 6.92 Å². The molecular weight excluding hydrogens is 294 g/mol. The summed E-state index contributed by atoms with van der Waals surface area (Å²) in [5, 5.41) is 0. The lowest BCUT2D eigenvalue weighted by Gasteiger charge is -2.04. The van der Waals surface area contributed by atoms with Gasteiger partial charge in [0.25, 0.3) is 11.8 Å². The number of rotatable bonds is 4. The summed E-state index contributed by atoms with van der Waals surface area (Å²) in [5.74, 6) is 1.88. The van der Waals surface area contributed by atoms with Crippen molar-refractivity contribution in [2.45, 2.75) is 19.3 Å². The van der Waals surface area contributed by atoms with Crippen LogP contribution in [0.2, 0.25) is 0 Å². The van der Waals surface area contributed by atoms with Gasteiger partial charge in [0.1, 0.15) is 11.5 Å². The summed E-state index contributed by atoms with van der Waals surface area (Å²) in [6.07, 6.45) is 7.01. The summed E-state index contributed by atoms with van der Waals surface area (Å²) in [7, 11) is 0. The van der Waals surface area contributed by atoms with Crippen LogP contribution in [0.5, 0.6) is 0 Å². The summed E-state index contributed by atoms with van der Waals surface area (Å²) in [4.78, 5) is 27.3. The lowest BCUT2D eigenvalue weighted by molar-refractivity contribution is -0.117. The van der Waals surface area contributed by atoms with E-state index in [4.69, 9.17) is 4.42 Å². The average molecular weight is 311 g/mol. The fourth-order valence-electron chi connectivity index (χ4n) is 2.26. The van der Waals surface area contributed by atoms with Crippen LogP contribution in [0.4, 0.5) is 0 Å². The highest BCUT2D eigenvalue weighted by Crippen LogP contribution is 2.47. The van der Waals surface area contributed by atoms with E-state index in [0.717, 1.165) is 12.2 Å². The van der Waals surface area contributed by atoms with Gasteiger partial charge < -0.3 is 4.42 Å². The molecule has 2 aromatic heterocycles. The maximum Gasteiger partial charge on any atom is 0.271 e. The quantitative estimate of drug-likeness (QED) is 0.670. The Morgan fingerprint density at radius 3 is 2.83 bits per heavy atom. The van der Waals surface area contributed by atoms with Gasteiger partial charge >= 0.3 is 0 Å². The number of aromatic nitrogens is 1. The Balaban J connectivity index is 1.49. The first-order valence-electron chi connectivity index (χ1n) is 7.41. The number of pyridine rings is 1. The van der Waals surface area contributed by atoms with E-state index in [1.807, 2.05) is 12.1 Å². The van der Waals surface area contributed by atoms with E-state index in [1.54, 1.807) is 24.4 Å². The second-order valence-electron chi connectivity index (χ2n) is 5.58. The first-order valence-corrected chi connectivity index (χ1v) is 7.41. The third-order valence-electron chi connectivity index (χ3n) is 3.74. The highest BCUT2D eigenvalue weighted by atomic mass is 16.3. The summed E-state index contributed by atoms with van der Waals surface area (Å²) >= 11 is 0. The lowest BCUT2D eigenvalue weighted by Crippen LogP contribution is -2.40. The molecule has 0 radical (unpaired) electrons. The predicted octanol–water partition coefficient (Wildman–Crippen LogP) is 2.27. The van der Waals surface area contributed by atoms with Gasteiger partial charge in [0, 0.05) is 24.4 Å². The second-order valence-corrected chi connectivity index (χ2v) is 5.58. The molecule has 2 atom stereocenters. The van der Waals surface area contributed by atoms with E-state index in [9.17, 15) is 9.59 Å². The van der Waals surface area contributed by atoms with Gasteiger partial charge in [0.05, 0.1) is 5.56 Å². The Hall–Kier alpha value is -2.89. The summed E-state index contributed by atoms with van der Waals surface area (Å²) < 4.78 is 5.66. The van der Waals surface area contributed by atoms with Crippen LogP contribution in [0, 0.1) is 5.92 Å². The molecule has 1 aliphatic carbocycles. The number of carbonyl (C=O) groups is 2. The minimum atomic E-state index is -0.444. The van der Waals surface area contributed by atoms with Gasteiger partial charge in [-0.15, -0.1) is 0 Å². The minimum absolute atomic E-state index is 0.367. The molecule has 2 unspecified atom stereocenters. The molecule has 1 saturated carbocycles. The number of carbonyl (C=O) groups excluding carboxylic acids is 2. The SMILES string of the molecule is CC1CC1c1ccc(/C=C/C(=O)NNC(=O)c2cccnc2)o1. The fourth-order valence-corrected chi connectivity index (χ4v) is 2.26. The summed E-state index contributed by atoms with van der Waals surface area (Å²) in [6, 6.07) is 7.02. The van der Waals surface area contributed by atoms with Crippen molar-refractivity contribution in [2.75, 3.05) is 0 Å². The normalized spacial score (nSPS) is 19.5. The van der Waals surface area contributed by atoms with Gasteiger partial charge in [0.15, 0.2) is 0 Å². The Morgan fingerprint density at radius 2 is 2.13 bits per heavy atom. The first-order chi connectivity index (χ1) is 11.1. The molecule has 2 amide bonds. The second kappa shape index (κ2) is 6.48. The number of furan rings is 1. The van der Waals surface area contributed by atoms with Crippen LogP contribution in [0.3, 0.4) is 0 Å². The zero-order chi connectivity index (χ0) is 16.2. The molecule has 0 aliphatic heterocycles. The zero-order valence-electron chi connectivity index (χ0n) is 12.7. The van der Waals surface area contributed by atoms with E-state index in [0.29, 0.717) is 23.2 Å². The largest absolute Gasteiger partial charge is 0.461 e. The molecular formula is C17H17N3O3. The molecule has 0 bridgehead atoms. The van der Waals surface area contributed by atoms with Crippen molar-refractivity contribution in [3.63, 3.8) is 0 Å². The molecule has 1 aliphatic rings. The smallest absolute Gasteiger partial charge is 0.271 e. The van der Waals surface area contributed by atoms with Crippen molar-refractivity contribution < 1.29 is 14.0 Å². The molecule has 0 saturated heterocycles. The van der Waals surface area contributed by atoms with E-state index in [2.05, 4.69) is 22.8 Å². The van der Waals surface area contributed by atoms with Gasteiger partial charge in [-0.25, -0.2) is 0 Å². The molecule has 2 N–H and O–H groups in total. The van der Waals surface area contributed by atoms with Gasteiger partial charge in [-0.3, -0.25) is 25.4 Å². The maximum absolute atomic E-state index is 11.7. The van der Waals surface area contributed by atoms with Gasteiger partial charge in [-0.05, 0) is 42.7 Å². The van der Waals surface area contributed by atoms with Crippen molar-refractivity contribution in [2.24, 2.45) is 5.92 Å². The van der Waals surface area contributed by atoms with Crippen molar-refractivity contribution in [1.82, 2.24) is 15.8 Å². The van der Waals surface area contributed by atoms with Crippen molar-refractivity contribution >= 4 is 17.9 Å². The standard InChI is InChI=1S/C17H17N3O3/c1-11-9-14(11)15-6-4-13(23-15)5-7-16(21)19-20-17(22)12-3-2-8-18-10-12/h2-8,10-11,14H,9H2,1H3,(H,19,21)(H,20,22)/b7-5+.